The lowest BCUT2D eigenvalue weighted by atomic mass is 9.95. The first-order chi connectivity index (χ1) is 16.5. The number of amides is 1. The van der Waals surface area contributed by atoms with Crippen LogP contribution in [-0.4, -0.2) is 48.9 Å². The van der Waals surface area contributed by atoms with E-state index in [0.717, 1.165) is 0 Å². The predicted octanol–water partition coefficient (Wildman–Crippen LogP) is 2.93. The number of halogens is 2. The molecule has 0 aliphatic carbocycles. The molecule has 0 spiro atoms. The van der Waals surface area contributed by atoms with Crippen molar-refractivity contribution >= 4 is 17.5 Å². The molecule has 0 radical (unpaired) electrons. The van der Waals surface area contributed by atoms with Crippen LogP contribution in [0.1, 0.15) is 28.9 Å². The molecule has 180 valence electrons. The fourth-order valence-corrected chi connectivity index (χ4v) is 3.95. The van der Waals surface area contributed by atoms with E-state index < -0.39 is 17.7 Å². The van der Waals surface area contributed by atoms with Crippen molar-refractivity contribution in [3.05, 3.63) is 68.9 Å². The number of ether oxygens (including phenoxy) is 2. The number of hydrogen-bond donors (Lipinski definition) is 3. The van der Waals surface area contributed by atoms with E-state index in [-0.39, 0.29) is 29.2 Å². The molecule has 34 heavy (non-hydrogen) atoms. The Kier molecular flexibility index (Phi) is 7.61. The number of carbonyl (C=O) groups excluding carboxylic acids is 1. The molecule has 2 aromatic carbocycles. The minimum Gasteiger partial charge on any atom is -0.493 e. The molecule has 1 aliphatic heterocycles. The van der Waals surface area contributed by atoms with Gasteiger partial charge >= 0.3 is 5.76 Å². The Labute approximate surface area is 199 Å². The molecule has 3 N–H and O–H groups in total. The van der Waals surface area contributed by atoms with Crippen molar-refractivity contribution in [2.24, 2.45) is 5.92 Å². The molecule has 1 saturated heterocycles. The first-order valence-corrected chi connectivity index (χ1v) is 11.2. The number of benzene rings is 2. The lowest BCUT2D eigenvalue weighted by Crippen LogP contribution is -2.36. The Bertz CT molecular complexity index is 1210. The standard InChI is InChI=1S/C23H24ClFN4O5/c1-2-32-19-6-4-14(9-16(19)21-28-23(31)34-29-21)22(30)27-12-15-11-26-7-8-33-20(15)13-3-5-17(24)18(25)10-13/h3-6,9-10,15,20,26H,2,7-8,11-12H2,1H3,(H,27,30)(H,28,29,31). The third kappa shape index (κ3) is 5.46. The van der Waals surface area contributed by atoms with E-state index in [9.17, 15) is 14.0 Å². The van der Waals surface area contributed by atoms with Crippen LogP contribution in [0.15, 0.2) is 45.7 Å². The van der Waals surface area contributed by atoms with E-state index in [4.69, 9.17) is 21.1 Å². The molecule has 1 amide bonds. The van der Waals surface area contributed by atoms with Gasteiger partial charge in [-0.3, -0.25) is 14.3 Å². The van der Waals surface area contributed by atoms with Crippen molar-refractivity contribution in [3.63, 3.8) is 0 Å². The first kappa shape index (κ1) is 23.9. The van der Waals surface area contributed by atoms with Gasteiger partial charge in [0.15, 0.2) is 5.82 Å². The molecule has 0 saturated carbocycles. The molecule has 11 heteroatoms. The van der Waals surface area contributed by atoms with Crippen molar-refractivity contribution in [1.29, 1.82) is 0 Å². The third-order valence-corrected chi connectivity index (χ3v) is 5.75. The van der Waals surface area contributed by atoms with Crippen LogP contribution in [0, 0.1) is 11.7 Å². The quantitative estimate of drug-likeness (QED) is 0.466. The van der Waals surface area contributed by atoms with Crippen molar-refractivity contribution in [1.82, 2.24) is 20.8 Å². The van der Waals surface area contributed by atoms with E-state index in [2.05, 4.69) is 25.3 Å². The number of hydrogen-bond acceptors (Lipinski definition) is 7. The maximum Gasteiger partial charge on any atom is 0.439 e. The Morgan fingerprint density at radius 1 is 1.32 bits per heavy atom. The van der Waals surface area contributed by atoms with Gasteiger partial charge in [0.2, 0.25) is 0 Å². The summed E-state index contributed by atoms with van der Waals surface area (Å²) in [5.41, 5.74) is 1.43. The van der Waals surface area contributed by atoms with E-state index >= 15 is 0 Å². The number of H-pyrrole nitrogens is 1. The van der Waals surface area contributed by atoms with Crippen LogP contribution in [0.3, 0.4) is 0 Å². The summed E-state index contributed by atoms with van der Waals surface area (Å²) in [4.78, 5) is 26.8. The van der Waals surface area contributed by atoms with Gasteiger partial charge < -0.3 is 20.1 Å². The largest absolute Gasteiger partial charge is 0.493 e. The molecule has 1 aliphatic rings. The van der Waals surface area contributed by atoms with E-state index in [1.807, 2.05) is 6.92 Å². The molecule has 2 atom stereocenters. The summed E-state index contributed by atoms with van der Waals surface area (Å²) in [6, 6.07) is 9.42. The highest BCUT2D eigenvalue weighted by atomic mass is 35.5. The van der Waals surface area contributed by atoms with Gasteiger partial charge in [0, 0.05) is 31.1 Å². The van der Waals surface area contributed by atoms with Gasteiger partial charge in [-0.25, -0.2) is 9.18 Å². The highest BCUT2D eigenvalue weighted by molar-refractivity contribution is 6.30. The van der Waals surface area contributed by atoms with Crippen molar-refractivity contribution in [3.8, 4) is 17.1 Å². The van der Waals surface area contributed by atoms with Crippen LogP contribution in [0.2, 0.25) is 5.02 Å². The molecule has 1 aromatic heterocycles. The van der Waals surface area contributed by atoms with Crippen LogP contribution in [0.4, 0.5) is 4.39 Å². The maximum atomic E-state index is 14.0. The minimum absolute atomic E-state index is 0.0418. The molecule has 3 aromatic rings. The molecular weight excluding hydrogens is 467 g/mol. The Morgan fingerprint density at radius 3 is 2.91 bits per heavy atom. The van der Waals surface area contributed by atoms with Gasteiger partial charge in [0.1, 0.15) is 11.6 Å². The van der Waals surface area contributed by atoms with Gasteiger partial charge in [-0.15, -0.1) is 0 Å². The number of aromatic amines is 1. The Balaban J connectivity index is 1.52. The second-order valence-electron chi connectivity index (χ2n) is 7.73. The molecule has 0 bridgehead atoms. The zero-order valence-electron chi connectivity index (χ0n) is 18.4. The highest BCUT2D eigenvalue weighted by Gasteiger charge is 2.27. The van der Waals surface area contributed by atoms with E-state index in [1.165, 1.54) is 12.1 Å². The second kappa shape index (κ2) is 10.8. The number of aromatic nitrogens is 2. The fraction of sp³-hybridized carbons (Fsp3) is 0.348. The highest BCUT2D eigenvalue weighted by Crippen LogP contribution is 2.30. The van der Waals surface area contributed by atoms with Crippen molar-refractivity contribution < 1.29 is 23.2 Å². The van der Waals surface area contributed by atoms with Gasteiger partial charge in [0.25, 0.3) is 5.91 Å². The monoisotopic (exact) mass is 490 g/mol. The zero-order chi connectivity index (χ0) is 24.1. The fourth-order valence-electron chi connectivity index (χ4n) is 3.84. The number of nitrogens with zero attached hydrogens (tertiary/aromatic N) is 1. The number of rotatable bonds is 7. The maximum absolute atomic E-state index is 14.0. The smallest absolute Gasteiger partial charge is 0.439 e. The Hall–Kier alpha value is -3.21. The minimum atomic E-state index is -0.710. The number of carbonyl (C=O) groups is 1. The van der Waals surface area contributed by atoms with Crippen LogP contribution < -0.4 is 21.1 Å². The van der Waals surface area contributed by atoms with Gasteiger partial charge in [-0.1, -0.05) is 22.8 Å². The molecule has 4 rings (SSSR count). The van der Waals surface area contributed by atoms with Crippen LogP contribution >= 0.6 is 11.6 Å². The average molecular weight is 491 g/mol. The van der Waals surface area contributed by atoms with Crippen LogP contribution in [0.5, 0.6) is 5.75 Å². The molecule has 9 nitrogen and oxygen atoms in total. The summed E-state index contributed by atoms with van der Waals surface area (Å²) in [6.45, 7) is 4.17. The predicted molar refractivity (Wildman–Crippen MR) is 123 cm³/mol. The third-order valence-electron chi connectivity index (χ3n) is 5.44. The van der Waals surface area contributed by atoms with Crippen molar-refractivity contribution in [2.45, 2.75) is 13.0 Å². The normalized spacial score (nSPS) is 18.3. The Morgan fingerprint density at radius 2 is 2.18 bits per heavy atom. The molecule has 2 heterocycles. The van der Waals surface area contributed by atoms with E-state index in [0.29, 0.717) is 48.7 Å². The van der Waals surface area contributed by atoms with Gasteiger partial charge in [0.05, 0.1) is 29.9 Å². The number of nitrogens with one attached hydrogen (secondary N) is 3. The van der Waals surface area contributed by atoms with Crippen LogP contribution in [0.25, 0.3) is 11.4 Å². The average Bonchev–Trinajstić information content (AvgIpc) is 3.12. The zero-order valence-corrected chi connectivity index (χ0v) is 19.2. The van der Waals surface area contributed by atoms with Gasteiger partial charge in [-0.05, 0) is 42.8 Å². The van der Waals surface area contributed by atoms with E-state index in [1.54, 1.807) is 24.3 Å². The summed E-state index contributed by atoms with van der Waals surface area (Å²) in [7, 11) is 0. The SMILES string of the molecule is CCOc1ccc(C(=O)NCC2CNCCOC2c2ccc(Cl)c(F)c2)cc1-c1noc(=O)[nH]1. The topological polar surface area (TPSA) is 118 Å². The first-order valence-electron chi connectivity index (χ1n) is 10.8. The molecule has 1 fully saturated rings. The van der Waals surface area contributed by atoms with Gasteiger partial charge in [-0.2, -0.15) is 0 Å². The summed E-state index contributed by atoms with van der Waals surface area (Å²) in [5, 5.41) is 9.94. The summed E-state index contributed by atoms with van der Waals surface area (Å²) in [5.74, 6) is -1.10. The molecule has 2 unspecified atom stereocenters. The van der Waals surface area contributed by atoms with Crippen molar-refractivity contribution in [2.75, 3.05) is 32.8 Å². The lowest BCUT2D eigenvalue weighted by Gasteiger charge is -2.25. The lowest BCUT2D eigenvalue weighted by molar-refractivity contribution is 0.0304. The summed E-state index contributed by atoms with van der Waals surface area (Å²) < 4.78 is 30.2. The van der Waals surface area contributed by atoms with Crippen LogP contribution in [-0.2, 0) is 4.74 Å². The second-order valence-corrected chi connectivity index (χ2v) is 8.13. The molecular formula is C23H24ClFN4O5. The summed E-state index contributed by atoms with van der Waals surface area (Å²) in [6.07, 6.45) is -0.418. The summed E-state index contributed by atoms with van der Waals surface area (Å²) >= 11 is 5.82.